The number of carbonyl (C=O) groups is 1. The number of halogens is 2. The zero-order valence-electron chi connectivity index (χ0n) is 13.2. The van der Waals surface area contributed by atoms with E-state index in [1.807, 2.05) is 6.92 Å². The van der Waals surface area contributed by atoms with E-state index >= 15 is 0 Å². The number of aliphatic imine (C=N–C) groups is 1. The molecule has 1 amide bonds. The van der Waals surface area contributed by atoms with Crippen LogP contribution in [0.5, 0.6) is 0 Å². The lowest BCUT2D eigenvalue weighted by Gasteiger charge is -2.10. The zero-order valence-corrected chi connectivity index (χ0v) is 15.5. The van der Waals surface area contributed by atoms with Crippen molar-refractivity contribution < 1.29 is 13.6 Å². The standard InChI is InChI=1S/C16H19FN4O2.HI/c1-2-19-16(20-9-11-5-3-4-6-13(11)17)21-10-12-7-8-14(23-12)15(18)22;/h3-8H,2,9-10H2,1H3,(H2,18,22)(H2,19,20,21);1H. The molecule has 0 radical (unpaired) electrons. The molecule has 0 fully saturated rings. The van der Waals surface area contributed by atoms with E-state index in [0.29, 0.717) is 30.4 Å². The molecule has 4 N–H and O–H groups in total. The summed E-state index contributed by atoms with van der Waals surface area (Å²) in [5.74, 6) is 0.277. The van der Waals surface area contributed by atoms with Gasteiger partial charge in [0.15, 0.2) is 11.7 Å². The average Bonchev–Trinajstić information content (AvgIpc) is 3.00. The lowest BCUT2D eigenvalue weighted by Crippen LogP contribution is -2.36. The molecule has 130 valence electrons. The van der Waals surface area contributed by atoms with Gasteiger partial charge in [-0.15, -0.1) is 24.0 Å². The SMILES string of the molecule is CCNC(=NCc1ccccc1F)NCc1ccc(C(N)=O)o1.I. The van der Waals surface area contributed by atoms with Crippen LogP contribution >= 0.6 is 24.0 Å². The Labute approximate surface area is 156 Å². The second-order valence-corrected chi connectivity index (χ2v) is 4.77. The number of primary amides is 1. The smallest absolute Gasteiger partial charge is 0.284 e. The van der Waals surface area contributed by atoms with E-state index in [1.165, 1.54) is 12.1 Å². The van der Waals surface area contributed by atoms with Crippen molar-refractivity contribution in [3.63, 3.8) is 0 Å². The quantitative estimate of drug-likeness (QED) is 0.361. The van der Waals surface area contributed by atoms with Crippen molar-refractivity contribution in [2.45, 2.75) is 20.0 Å². The van der Waals surface area contributed by atoms with E-state index < -0.39 is 5.91 Å². The summed E-state index contributed by atoms with van der Waals surface area (Å²) in [5.41, 5.74) is 5.65. The van der Waals surface area contributed by atoms with E-state index in [2.05, 4.69) is 15.6 Å². The Bertz CT molecular complexity index is 703. The topological polar surface area (TPSA) is 92.6 Å². The molecule has 0 aliphatic rings. The first-order valence-electron chi connectivity index (χ1n) is 7.24. The van der Waals surface area contributed by atoms with E-state index in [-0.39, 0.29) is 42.1 Å². The molecule has 1 aromatic heterocycles. The first-order valence-corrected chi connectivity index (χ1v) is 7.24. The number of benzene rings is 1. The van der Waals surface area contributed by atoms with Crippen LogP contribution in [0.1, 0.15) is 28.8 Å². The molecule has 0 saturated carbocycles. The second-order valence-electron chi connectivity index (χ2n) is 4.77. The molecule has 0 spiro atoms. The van der Waals surface area contributed by atoms with Crippen LogP contribution in [-0.2, 0) is 13.1 Å². The fourth-order valence-corrected chi connectivity index (χ4v) is 1.91. The van der Waals surface area contributed by atoms with Crippen molar-refractivity contribution in [2.24, 2.45) is 10.7 Å². The third-order valence-electron chi connectivity index (χ3n) is 3.04. The van der Waals surface area contributed by atoms with Crippen molar-refractivity contribution in [3.05, 3.63) is 59.3 Å². The maximum atomic E-state index is 13.6. The number of carbonyl (C=O) groups excluding carboxylic acids is 1. The molecule has 0 unspecified atom stereocenters. The average molecular weight is 446 g/mol. The van der Waals surface area contributed by atoms with Gasteiger partial charge in [0.05, 0.1) is 13.1 Å². The third-order valence-corrected chi connectivity index (χ3v) is 3.04. The molecule has 1 aromatic carbocycles. The van der Waals surface area contributed by atoms with E-state index in [1.54, 1.807) is 24.3 Å². The largest absolute Gasteiger partial charge is 0.454 e. The molecular weight excluding hydrogens is 426 g/mol. The van der Waals surface area contributed by atoms with Crippen molar-refractivity contribution in [3.8, 4) is 0 Å². The molecule has 2 aromatic rings. The van der Waals surface area contributed by atoms with Gasteiger partial charge in [-0.05, 0) is 25.1 Å². The first kappa shape index (κ1) is 19.9. The van der Waals surface area contributed by atoms with Crippen LogP contribution in [0.4, 0.5) is 4.39 Å². The molecule has 0 atom stereocenters. The minimum atomic E-state index is -0.614. The number of nitrogens with one attached hydrogen (secondary N) is 2. The van der Waals surface area contributed by atoms with Crippen LogP contribution < -0.4 is 16.4 Å². The molecule has 0 bridgehead atoms. The Morgan fingerprint density at radius 1 is 1.25 bits per heavy atom. The van der Waals surface area contributed by atoms with Gasteiger partial charge in [0.2, 0.25) is 0 Å². The van der Waals surface area contributed by atoms with Crippen LogP contribution in [-0.4, -0.2) is 18.4 Å². The molecule has 0 saturated heterocycles. The molecule has 0 aliphatic carbocycles. The van der Waals surface area contributed by atoms with Gasteiger partial charge in [0.25, 0.3) is 5.91 Å². The van der Waals surface area contributed by atoms with E-state index in [0.717, 1.165) is 0 Å². The summed E-state index contributed by atoms with van der Waals surface area (Å²) >= 11 is 0. The highest BCUT2D eigenvalue weighted by atomic mass is 127. The van der Waals surface area contributed by atoms with Gasteiger partial charge in [0.1, 0.15) is 11.6 Å². The van der Waals surface area contributed by atoms with Crippen LogP contribution in [0.25, 0.3) is 0 Å². The Kier molecular flexibility index (Phi) is 8.24. The van der Waals surface area contributed by atoms with Gasteiger partial charge < -0.3 is 20.8 Å². The highest BCUT2D eigenvalue weighted by Gasteiger charge is 2.07. The number of amides is 1. The van der Waals surface area contributed by atoms with Crippen LogP contribution in [0.15, 0.2) is 45.8 Å². The normalized spacial score (nSPS) is 10.8. The van der Waals surface area contributed by atoms with Crippen LogP contribution in [0.3, 0.4) is 0 Å². The molecule has 24 heavy (non-hydrogen) atoms. The number of nitrogens with two attached hydrogens (primary N) is 1. The summed E-state index contributed by atoms with van der Waals surface area (Å²) in [5, 5.41) is 6.10. The van der Waals surface area contributed by atoms with Crippen molar-refractivity contribution >= 4 is 35.8 Å². The fourth-order valence-electron chi connectivity index (χ4n) is 1.91. The van der Waals surface area contributed by atoms with Gasteiger partial charge in [-0.1, -0.05) is 18.2 Å². The Hall–Kier alpha value is -2.10. The molecular formula is C16H20FIN4O2. The van der Waals surface area contributed by atoms with Crippen molar-refractivity contribution in [2.75, 3.05) is 6.54 Å². The van der Waals surface area contributed by atoms with E-state index in [9.17, 15) is 9.18 Å². The predicted octanol–water partition coefficient (Wildman–Crippen LogP) is 2.39. The second kappa shape index (κ2) is 9.91. The van der Waals surface area contributed by atoms with Gasteiger partial charge in [0, 0.05) is 12.1 Å². The summed E-state index contributed by atoms with van der Waals surface area (Å²) in [6.07, 6.45) is 0. The van der Waals surface area contributed by atoms with Crippen molar-refractivity contribution in [1.82, 2.24) is 10.6 Å². The van der Waals surface area contributed by atoms with Crippen LogP contribution in [0.2, 0.25) is 0 Å². The first-order chi connectivity index (χ1) is 11.1. The number of furan rings is 1. The number of rotatable bonds is 6. The van der Waals surface area contributed by atoms with Crippen molar-refractivity contribution in [1.29, 1.82) is 0 Å². The summed E-state index contributed by atoms with van der Waals surface area (Å²) in [7, 11) is 0. The lowest BCUT2D eigenvalue weighted by atomic mass is 10.2. The highest BCUT2D eigenvalue weighted by Crippen LogP contribution is 2.08. The minimum absolute atomic E-state index is 0. The predicted molar refractivity (Wildman–Crippen MR) is 101 cm³/mol. The number of hydrogen-bond donors (Lipinski definition) is 3. The number of guanidine groups is 1. The zero-order chi connectivity index (χ0) is 16.7. The van der Waals surface area contributed by atoms with Crippen LogP contribution in [0, 0.1) is 5.82 Å². The fraction of sp³-hybridized carbons (Fsp3) is 0.250. The Morgan fingerprint density at radius 3 is 2.62 bits per heavy atom. The van der Waals surface area contributed by atoms with Gasteiger partial charge in [-0.25, -0.2) is 9.38 Å². The van der Waals surface area contributed by atoms with Gasteiger partial charge >= 0.3 is 0 Å². The molecule has 6 nitrogen and oxygen atoms in total. The Balaban J connectivity index is 0.00000288. The third kappa shape index (κ3) is 5.84. The monoisotopic (exact) mass is 446 g/mol. The number of hydrogen-bond acceptors (Lipinski definition) is 3. The summed E-state index contributed by atoms with van der Waals surface area (Å²) in [6.45, 7) is 3.13. The molecule has 2 rings (SSSR count). The lowest BCUT2D eigenvalue weighted by molar-refractivity contribution is 0.0972. The van der Waals surface area contributed by atoms with Gasteiger partial charge in [-0.2, -0.15) is 0 Å². The summed E-state index contributed by atoms with van der Waals surface area (Å²) < 4.78 is 18.9. The van der Waals surface area contributed by atoms with E-state index in [4.69, 9.17) is 10.2 Å². The molecule has 1 heterocycles. The molecule has 0 aliphatic heterocycles. The molecule has 8 heteroatoms. The highest BCUT2D eigenvalue weighted by molar-refractivity contribution is 14.0. The van der Waals surface area contributed by atoms with Gasteiger partial charge in [-0.3, -0.25) is 4.79 Å². The maximum absolute atomic E-state index is 13.6. The summed E-state index contributed by atoms with van der Waals surface area (Å²) in [4.78, 5) is 15.3. The maximum Gasteiger partial charge on any atom is 0.284 e. The number of nitrogens with zero attached hydrogens (tertiary/aromatic N) is 1. The Morgan fingerprint density at radius 2 is 2.00 bits per heavy atom. The minimum Gasteiger partial charge on any atom is -0.454 e. The summed E-state index contributed by atoms with van der Waals surface area (Å²) in [6, 6.07) is 9.67.